The van der Waals surface area contributed by atoms with Gasteiger partial charge >= 0.3 is 0 Å². The van der Waals surface area contributed by atoms with E-state index in [1.807, 2.05) is 30.3 Å². The van der Waals surface area contributed by atoms with Crippen LogP contribution in [0, 0.1) is 0 Å². The Hall–Kier alpha value is -0.580. The predicted molar refractivity (Wildman–Crippen MR) is 55.1 cm³/mol. The monoisotopic (exact) mass is 247 g/mol. The summed E-state index contributed by atoms with van der Waals surface area (Å²) in [6, 6.07) is 10.1. The molecule has 0 amide bonds. The lowest BCUT2D eigenvalue weighted by Crippen LogP contribution is -3.00. The molecule has 1 aromatic rings. The molecular weight excluding hydrogens is 234 g/mol. The number of benzene rings is 1. The molecule has 0 radical (unpaired) electrons. The first-order chi connectivity index (χ1) is 6.66. The lowest BCUT2D eigenvalue weighted by molar-refractivity contribution is -0.605. The van der Waals surface area contributed by atoms with Crippen LogP contribution >= 0.6 is 0 Å². The fraction of sp³-hybridized carbons (Fsp3) is 0.400. The Morgan fingerprint density at radius 2 is 1.87 bits per heavy atom. The molecule has 1 unspecified atom stereocenters. The van der Waals surface area contributed by atoms with Gasteiger partial charge in [-0.15, -0.1) is 0 Å². The Balaban J connectivity index is 0.00000112. The van der Waals surface area contributed by atoms with E-state index in [-0.39, 0.29) is 18.4 Å². The van der Waals surface area contributed by atoms with E-state index in [0.29, 0.717) is 11.5 Å². The van der Waals surface area contributed by atoms with E-state index in [1.165, 1.54) is 0 Å². The third kappa shape index (κ3) is 3.48. The summed E-state index contributed by atoms with van der Waals surface area (Å²) in [4.78, 5) is 0. The van der Waals surface area contributed by atoms with Gasteiger partial charge < -0.3 is 17.7 Å². The molecular formula is C10H14ClNO2S. The van der Waals surface area contributed by atoms with Gasteiger partial charge in [-0.25, -0.2) is 8.42 Å². The van der Waals surface area contributed by atoms with Crippen LogP contribution in [-0.4, -0.2) is 26.0 Å². The van der Waals surface area contributed by atoms with Crippen molar-refractivity contribution in [3.63, 3.8) is 0 Å². The van der Waals surface area contributed by atoms with Crippen molar-refractivity contribution in [2.75, 3.05) is 11.5 Å². The van der Waals surface area contributed by atoms with Crippen LogP contribution in [-0.2, 0) is 9.84 Å². The molecule has 0 bridgehead atoms. The molecule has 1 aliphatic rings. The molecule has 1 aromatic carbocycles. The maximum Gasteiger partial charge on any atom is 0.156 e. The van der Waals surface area contributed by atoms with Crippen LogP contribution in [0.2, 0.25) is 0 Å². The summed E-state index contributed by atoms with van der Waals surface area (Å²) in [5, 5.41) is 2.06. The van der Waals surface area contributed by atoms with Crippen molar-refractivity contribution in [1.82, 2.24) is 0 Å². The second-order valence-electron chi connectivity index (χ2n) is 3.74. The second kappa shape index (κ2) is 4.96. The van der Waals surface area contributed by atoms with E-state index in [9.17, 15) is 8.42 Å². The molecule has 1 saturated heterocycles. The minimum atomic E-state index is -2.75. The Bertz CT molecular complexity index is 405. The van der Waals surface area contributed by atoms with Crippen LogP contribution in [0.3, 0.4) is 0 Å². The van der Waals surface area contributed by atoms with Gasteiger partial charge in [0.1, 0.15) is 17.5 Å². The molecule has 3 nitrogen and oxygen atoms in total. The second-order valence-corrected chi connectivity index (χ2v) is 5.97. The number of para-hydroxylation sites is 1. The van der Waals surface area contributed by atoms with Gasteiger partial charge in [-0.1, -0.05) is 18.2 Å². The highest BCUT2D eigenvalue weighted by Crippen LogP contribution is 2.09. The van der Waals surface area contributed by atoms with E-state index in [2.05, 4.69) is 5.32 Å². The Morgan fingerprint density at radius 3 is 2.40 bits per heavy atom. The Labute approximate surface area is 96.2 Å². The van der Waals surface area contributed by atoms with Crippen molar-refractivity contribution in [1.29, 1.82) is 0 Å². The normalized spacial score (nSPS) is 23.3. The smallest absolute Gasteiger partial charge is 0.156 e. The molecule has 5 heteroatoms. The largest absolute Gasteiger partial charge is 1.00 e. The fourth-order valence-electron chi connectivity index (χ4n) is 1.79. The fourth-order valence-corrected chi connectivity index (χ4v) is 3.54. The number of quaternary nitrogens is 1. The van der Waals surface area contributed by atoms with Crippen molar-refractivity contribution in [2.45, 2.75) is 12.5 Å². The van der Waals surface area contributed by atoms with E-state index in [0.717, 1.165) is 12.1 Å². The lowest BCUT2D eigenvalue weighted by Gasteiger charge is -2.05. The molecule has 1 atom stereocenters. The third-order valence-corrected chi connectivity index (χ3v) is 4.29. The molecule has 0 aliphatic carbocycles. The molecule has 84 valence electrons. The Morgan fingerprint density at radius 1 is 1.20 bits per heavy atom. The highest BCUT2D eigenvalue weighted by Gasteiger charge is 2.30. The molecule has 1 aliphatic heterocycles. The molecule has 0 aromatic heterocycles. The zero-order valence-electron chi connectivity index (χ0n) is 8.27. The summed E-state index contributed by atoms with van der Waals surface area (Å²) < 4.78 is 22.4. The van der Waals surface area contributed by atoms with Crippen LogP contribution < -0.4 is 17.7 Å². The van der Waals surface area contributed by atoms with Crippen molar-refractivity contribution in [3.8, 4) is 0 Å². The molecule has 15 heavy (non-hydrogen) atoms. The average molecular weight is 248 g/mol. The van der Waals surface area contributed by atoms with E-state index in [4.69, 9.17) is 0 Å². The highest BCUT2D eigenvalue weighted by atomic mass is 35.5. The van der Waals surface area contributed by atoms with Crippen LogP contribution in [0.15, 0.2) is 30.3 Å². The first kappa shape index (κ1) is 12.5. The number of nitrogens with two attached hydrogens (primary N) is 1. The Kier molecular flexibility index (Phi) is 4.13. The molecule has 2 rings (SSSR count). The minimum Gasteiger partial charge on any atom is -1.00 e. The van der Waals surface area contributed by atoms with Crippen molar-refractivity contribution in [3.05, 3.63) is 30.3 Å². The average Bonchev–Trinajstić information content (AvgIpc) is 2.47. The summed E-state index contributed by atoms with van der Waals surface area (Å²) in [6.07, 6.45) is 0.775. The molecule has 1 heterocycles. The highest BCUT2D eigenvalue weighted by molar-refractivity contribution is 7.91. The van der Waals surface area contributed by atoms with Gasteiger partial charge in [0.05, 0.1) is 5.75 Å². The summed E-state index contributed by atoms with van der Waals surface area (Å²) in [5.41, 5.74) is 1.12. The summed E-state index contributed by atoms with van der Waals surface area (Å²) >= 11 is 0. The van der Waals surface area contributed by atoms with Gasteiger partial charge in [0.2, 0.25) is 0 Å². The van der Waals surface area contributed by atoms with Gasteiger partial charge in [-0.2, -0.15) is 0 Å². The quantitative estimate of drug-likeness (QED) is 0.569. The van der Waals surface area contributed by atoms with Crippen LogP contribution in [0.5, 0.6) is 0 Å². The van der Waals surface area contributed by atoms with Crippen LogP contribution in [0.25, 0.3) is 0 Å². The first-order valence-electron chi connectivity index (χ1n) is 4.76. The summed E-state index contributed by atoms with van der Waals surface area (Å²) in [7, 11) is -2.75. The standard InChI is InChI=1S/C10H13NO2S.ClH/c12-14(13)7-6-10(8-14)11-9-4-2-1-3-5-9;/h1-5,10-11H,6-8H2;1H. The molecule has 2 N–H and O–H groups in total. The SMILES string of the molecule is O=S1(=O)CCC([NH2+]c2ccccc2)C1.[Cl-]. The molecule has 1 fully saturated rings. The summed E-state index contributed by atoms with van der Waals surface area (Å²) in [6.45, 7) is 0. The lowest BCUT2D eigenvalue weighted by atomic mass is 10.2. The van der Waals surface area contributed by atoms with E-state index in [1.54, 1.807) is 0 Å². The number of halogens is 1. The number of rotatable bonds is 2. The van der Waals surface area contributed by atoms with Gasteiger partial charge in [0.15, 0.2) is 9.84 Å². The maximum atomic E-state index is 11.2. The van der Waals surface area contributed by atoms with Crippen molar-refractivity contribution < 1.29 is 26.1 Å². The summed E-state index contributed by atoms with van der Waals surface area (Å²) in [5.74, 6) is 0.670. The van der Waals surface area contributed by atoms with Gasteiger partial charge in [0, 0.05) is 6.42 Å². The topological polar surface area (TPSA) is 50.8 Å². The first-order valence-corrected chi connectivity index (χ1v) is 6.58. The predicted octanol–water partition coefficient (Wildman–Crippen LogP) is -2.93. The van der Waals surface area contributed by atoms with E-state index < -0.39 is 9.84 Å². The molecule has 0 spiro atoms. The third-order valence-electron chi connectivity index (χ3n) is 2.50. The number of sulfone groups is 1. The zero-order chi connectivity index (χ0) is 10.0. The van der Waals surface area contributed by atoms with Crippen LogP contribution in [0.1, 0.15) is 6.42 Å². The number of hydrogen-bond acceptors (Lipinski definition) is 2. The van der Waals surface area contributed by atoms with E-state index >= 15 is 0 Å². The number of hydrogen-bond donors (Lipinski definition) is 1. The van der Waals surface area contributed by atoms with Gasteiger partial charge in [-0.3, -0.25) is 0 Å². The van der Waals surface area contributed by atoms with Gasteiger partial charge in [0.25, 0.3) is 0 Å². The minimum absolute atomic E-state index is 0. The molecule has 0 saturated carbocycles. The maximum absolute atomic E-state index is 11.2. The van der Waals surface area contributed by atoms with Crippen LogP contribution in [0.4, 0.5) is 5.69 Å². The van der Waals surface area contributed by atoms with Gasteiger partial charge in [-0.05, 0) is 12.1 Å². The van der Waals surface area contributed by atoms with Crippen molar-refractivity contribution in [2.24, 2.45) is 0 Å². The van der Waals surface area contributed by atoms with Crippen molar-refractivity contribution >= 4 is 15.5 Å². The zero-order valence-corrected chi connectivity index (χ0v) is 9.84.